The van der Waals surface area contributed by atoms with Crippen molar-refractivity contribution in [3.63, 3.8) is 0 Å². The van der Waals surface area contributed by atoms with Crippen LogP contribution >= 0.6 is 24.0 Å². The average Bonchev–Trinajstić information content (AvgIpc) is 2.05. The minimum absolute atomic E-state index is 0.243. The molecule has 0 aliphatic carbocycles. The predicted octanol–water partition coefficient (Wildman–Crippen LogP) is 2.98. The third kappa shape index (κ3) is 8.05. The average molecular weight is 222 g/mol. The van der Waals surface area contributed by atoms with Crippen LogP contribution in [-0.4, -0.2) is 22.9 Å². The van der Waals surface area contributed by atoms with Crippen molar-refractivity contribution in [3.8, 4) is 0 Å². The van der Waals surface area contributed by atoms with E-state index >= 15 is 0 Å². The van der Waals surface area contributed by atoms with Gasteiger partial charge >= 0.3 is 5.30 Å². The number of carbonyl (C=O) groups excluding carboxylic acids is 1. The summed E-state index contributed by atoms with van der Waals surface area (Å²) < 4.78 is 10.0. The Bertz CT molecular complexity index is 171. The zero-order chi connectivity index (χ0) is 10.1. The largest absolute Gasteiger partial charge is 0.478 e. The maximum absolute atomic E-state index is 10.9. The highest BCUT2D eigenvalue weighted by Crippen LogP contribution is 2.10. The Labute approximate surface area is 88.2 Å². The van der Waals surface area contributed by atoms with Gasteiger partial charge in [0.15, 0.2) is 0 Å². The van der Waals surface area contributed by atoms with Gasteiger partial charge in [-0.25, -0.2) is 4.79 Å². The van der Waals surface area contributed by atoms with Gasteiger partial charge in [0.1, 0.15) is 0 Å². The van der Waals surface area contributed by atoms with Gasteiger partial charge in [-0.2, -0.15) is 0 Å². The van der Waals surface area contributed by atoms with Gasteiger partial charge in [0.2, 0.25) is 4.38 Å². The molecule has 5 heteroatoms. The molecule has 0 spiro atoms. The standard InChI is InChI=1S/C8H14O3S2/c1-3-5-6-11-8(12)13-7(9)10-4-2/h3-6H2,1-2H3. The van der Waals surface area contributed by atoms with Crippen LogP contribution in [0.25, 0.3) is 0 Å². The molecule has 0 aromatic carbocycles. The Hall–Kier alpha value is -0.290. The molecule has 0 saturated carbocycles. The van der Waals surface area contributed by atoms with Crippen molar-refractivity contribution in [2.45, 2.75) is 26.7 Å². The molecule has 0 unspecified atom stereocenters. The minimum atomic E-state index is -0.399. The van der Waals surface area contributed by atoms with Crippen LogP contribution in [0.2, 0.25) is 0 Å². The van der Waals surface area contributed by atoms with E-state index in [4.69, 9.17) is 17.0 Å². The number of ether oxygens (including phenoxy) is 2. The smallest absolute Gasteiger partial charge is 0.375 e. The van der Waals surface area contributed by atoms with E-state index in [0.29, 0.717) is 13.2 Å². The molecular formula is C8H14O3S2. The van der Waals surface area contributed by atoms with E-state index in [1.165, 1.54) is 0 Å². The highest BCUT2D eigenvalue weighted by molar-refractivity contribution is 8.32. The maximum atomic E-state index is 10.9. The van der Waals surface area contributed by atoms with E-state index < -0.39 is 5.30 Å². The Kier molecular flexibility index (Phi) is 8.13. The van der Waals surface area contributed by atoms with Gasteiger partial charge in [-0.3, -0.25) is 0 Å². The van der Waals surface area contributed by atoms with Crippen LogP contribution in [-0.2, 0) is 9.47 Å². The van der Waals surface area contributed by atoms with Crippen molar-refractivity contribution in [2.75, 3.05) is 13.2 Å². The van der Waals surface area contributed by atoms with Gasteiger partial charge in [0, 0.05) is 11.8 Å². The fourth-order valence-electron chi connectivity index (χ4n) is 0.545. The topological polar surface area (TPSA) is 35.5 Å². The lowest BCUT2D eigenvalue weighted by atomic mass is 10.4. The van der Waals surface area contributed by atoms with E-state index in [1.54, 1.807) is 6.92 Å². The summed E-state index contributed by atoms with van der Waals surface area (Å²) in [6.45, 7) is 4.75. The van der Waals surface area contributed by atoms with E-state index in [9.17, 15) is 4.79 Å². The van der Waals surface area contributed by atoms with Crippen LogP contribution in [0.3, 0.4) is 0 Å². The van der Waals surface area contributed by atoms with E-state index in [0.717, 1.165) is 24.6 Å². The van der Waals surface area contributed by atoms with Crippen molar-refractivity contribution in [1.29, 1.82) is 0 Å². The molecule has 0 rings (SSSR count). The summed E-state index contributed by atoms with van der Waals surface area (Å²) in [4.78, 5) is 10.9. The van der Waals surface area contributed by atoms with Gasteiger partial charge in [-0.1, -0.05) is 13.3 Å². The van der Waals surface area contributed by atoms with Crippen LogP contribution in [0.1, 0.15) is 26.7 Å². The molecule has 0 aliphatic heterocycles. The molecular weight excluding hydrogens is 208 g/mol. The summed E-state index contributed by atoms with van der Waals surface area (Å²) in [6, 6.07) is 0. The van der Waals surface area contributed by atoms with Gasteiger partial charge in [0.05, 0.1) is 13.2 Å². The summed E-state index contributed by atoms with van der Waals surface area (Å²) in [7, 11) is 0. The highest BCUT2D eigenvalue weighted by atomic mass is 32.2. The molecule has 0 aliphatic rings. The van der Waals surface area contributed by atoms with Gasteiger partial charge < -0.3 is 9.47 Å². The molecule has 0 heterocycles. The SMILES string of the molecule is CCCCOC(=S)SC(=O)OCC. The molecule has 0 aromatic rings. The number of hydrogen-bond acceptors (Lipinski definition) is 5. The van der Waals surface area contributed by atoms with Gasteiger partial charge in [0.25, 0.3) is 0 Å². The molecule has 0 aromatic heterocycles. The molecule has 3 nitrogen and oxygen atoms in total. The molecule has 0 saturated heterocycles. The zero-order valence-electron chi connectivity index (χ0n) is 7.87. The third-order valence-electron chi connectivity index (χ3n) is 1.15. The van der Waals surface area contributed by atoms with Gasteiger partial charge in [-0.05, 0) is 25.6 Å². The van der Waals surface area contributed by atoms with Crippen molar-refractivity contribution in [3.05, 3.63) is 0 Å². The third-order valence-corrected chi connectivity index (χ3v) is 2.08. The Balaban J connectivity index is 3.44. The first-order valence-corrected chi connectivity index (χ1v) is 5.44. The van der Waals surface area contributed by atoms with Crippen molar-refractivity contribution in [2.24, 2.45) is 0 Å². The molecule has 0 fully saturated rings. The van der Waals surface area contributed by atoms with Crippen molar-refractivity contribution in [1.82, 2.24) is 0 Å². The lowest BCUT2D eigenvalue weighted by molar-refractivity contribution is 0.181. The first-order chi connectivity index (χ1) is 6.20. The first-order valence-electron chi connectivity index (χ1n) is 4.22. The first kappa shape index (κ1) is 12.7. The van der Waals surface area contributed by atoms with E-state index in [-0.39, 0.29) is 4.38 Å². The second-order valence-electron chi connectivity index (χ2n) is 2.24. The summed E-state index contributed by atoms with van der Waals surface area (Å²) in [5.74, 6) is 0. The van der Waals surface area contributed by atoms with Crippen molar-refractivity contribution >= 4 is 33.7 Å². The van der Waals surface area contributed by atoms with Crippen LogP contribution in [0.4, 0.5) is 4.79 Å². The number of thiocarbonyl (C=S) groups is 1. The molecule has 0 N–H and O–H groups in total. The summed E-state index contributed by atoms with van der Waals surface area (Å²) in [5, 5.41) is -0.399. The number of rotatable bonds is 4. The quantitative estimate of drug-likeness (QED) is 0.415. The number of carbonyl (C=O) groups is 1. The summed E-state index contributed by atoms with van der Waals surface area (Å²) in [6.07, 6.45) is 2.00. The molecule has 0 amide bonds. The van der Waals surface area contributed by atoms with Crippen LogP contribution in [0, 0.1) is 0 Å². The molecule has 0 radical (unpaired) electrons. The lowest BCUT2D eigenvalue weighted by Crippen LogP contribution is -2.04. The number of hydrogen-bond donors (Lipinski definition) is 0. The van der Waals surface area contributed by atoms with Crippen molar-refractivity contribution < 1.29 is 14.3 Å². The predicted molar refractivity (Wildman–Crippen MR) is 58.1 cm³/mol. The Morgan fingerprint density at radius 3 is 2.62 bits per heavy atom. The normalized spacial score (nSPS) is 9.38. The summed E-state index contributed by atoms with van der Waals surface area (Å²) >= 11 is 5.62. The fourth-order valence-corrected chi connectivity index (χ4v) is 1.29. The highest BCUT2D eigenvalue weighted by Gasteiger charge is 2.08. The van der Waals surface area contributed by atoms with E-state index in [2.05, 4.69) is 11.7 Å². The molecule has 76 valence electrons. The summed E-state index contributed by atoms with van der Waals surface area (Å²) in [5.41, 5.74) is 0. The maximum Gasteiger partial charge on any atom is 0.375 e. The fraction of sp³-hybridized carbons (Fsp3) is 0.750. The van der Waals surface area contributed by atoms with Crippen LogP contribution in [0.15, 0.2) is 0 Å². The second kappa shape index (κ2) is 8.31. The number of unbranched alkanes of at least 4 members (excludes halogenated alkanes) is 1. The number of thioether (sulfide) groups is 1. The Morgan fingerprint density at radius 2 is 2.08 bits per heavy atom. The molecule has 0 bridgehead atoms. The minimum Gasteiger partial charge on any atom is -0.478 e. The second-order valence-corrected chi connectivity index (χ2v) is 3.77. The molecule has 13 heavy (non-hydrogen) atoms. The van der Waals surface area contributed by atoms with Gasteiger partial charge in [-0.15, -0.1) is 0 Å². The lowest BCUT2D eigenvalue weighted by Gasteiger charge is -2.04. The molecule has 0 atom stereocenters. The van der Waals surface area contributed by atoms with Crippen LogP contribution < -0.4 is 0 Å². The monoisotopic (exact) mass is 222 g/mol. The van der Waals surface area contributed by atoms with E-state index in [1.807, 2.05) is 0 Å². The Morgan fingerprint density at radius 1 is 1.38 bits per heavy atom. The van der Waals surface area contributed by atoms with Crippen LogP contribution in [0.5, 0.6) is 0 Å². The zero-order valence-corrected chi connectivity index (χ0v) is 9.50.